The van der Waals surface area contributed by atoms with Crippen molar-refractivity contribution in [3.8, 4) is 11.5 Å². The zero-order valence-electron chi connectivity index (χ0n) is 26.6. The molecule has 0 aromatic heterocycles. The van der Waals surface area contributed by atoms with Crippen LogP contribution >= 0.6 is 0 Å². The number of benzene rings is 3. The van der Waals surface area contributed by atoms with E-state index >= 15 is 0 Å². The number of carbonyl (C=O) groups is 4. The van der Waals surface area contributed by atoms with Gasteiger partial charge in [0.1, 0.15) is 24.1 Å². The highest BCUT2D eigenvalue weighted by atomic mass is 16.5. The van der Waals surface area contributed by atoms with Gasteiger partial charge in [-0.3, -0.25) is 19.2 Å². The smallest absolute Gasteiger partial charge is 0.308 e. The fourth-order valence-electron chi connectivity index (χ4n) is 4.94. The molecule has 0 aliphatic carbocycles. The molecule has 0 saturated carbocycles. The Bertz CT molecular complexity index is 1490. The van der Waals surface area contributed by atoms with Gasteiger partial charge in [-0.25, -0.2) is 0 Å². The maximum absolute atomic E-state index is 13.1. The van der Waals surface area contributed by atoms with Crippen LogP contribution in [-0.4, -0.2) is 68.7 Å². The summed E-state index contributed by atoms with van der Waals surface area (Å²) in [6, 6.07) is 22.3. The molecule has 3 aromatic rings. The van der Waals surface area contributed by atoms with Gasteiger partial charge in [0.25, 0.3) is 5.91 Å². The molecule has 3 amide bonds. The molecule has 11 nitrogen and oxygen atoms in total. The van der Waals surface area contributed by atoms with Gasteiger partial charge in [-0.2, -0.15) is 0 Å². The lowest BCUT2D eigenvalue weighted by molar-refractivity contribution is -0.147. The number of hydrogen-bond acceptors (Lipinski definition) is 8. The largest absolute Gasteiger partial charge is 0.497 e. The Morgan fingerprint density at radius 2 is 1.64 bits per heavy atom. The van der Waals surface area contributed by atoms with Crippen LogP contribution in [0.3, 0.4) is 0 Å². The highest BCUT2D eigenvalue weighted by molar-refractivity contribution is 5.98. The van der Waals surface area contributed by atoms with Crippen LogP contribution in [0.4, 0.5) is 0 Å². The molecular weight excluding hydrogens is 602 g/mol. The topological polar surface area (TPSA) is 141 Å². The van der Waals surface area contributed by atoms with Crippen molar-refractivity contribution < 1.29 is 38.1 Å². The highest BCUT2D eigenvalue weighted by Gasteiger charge is 2.29. The molecule has 0 spiro atoms. The summed E-state index contributed by atoms with van der Waals surface area (Å²) >= 11 is 0. The van der Waals surface area contributed by atoms with E-state index in [-0.39, 0.29) is 32.6 Å². The zero-order chi connectivity index (χ0) is 33.4. The normalized spacial score (nSPS) is 19.4. The van der Waals surface area contributed by atoms with Crippen LogP contribution in [-0.2, 0) is 36.9 Å². The van der Waals surface area contributed by atoms with Crippen molar-refractivity contribution in [1.82, 2.24) is 16.0 Å². The molecule has 3 atom stereocenters. The molecule has 3 aromatic carbocycles. The Kier molecular flexibility index (Phi) is 13.4. The van der Waals surface area contributed by atoms with E-state index in [2.05, 4.69) is 16.0 Å². The third-order valence-electron chi connectivity index (χ3n) is 7.44. The predicted molar refractivity (Wildman–Crippen MR) is 175 cm³/mol. The van der Waals surface area contributed by atoms with Gasteiger partial charge >= 0.3 is 5.97 Å². The predicted octanol–water partition coefficient (Wildman–Crippen LogP) is 3.51. The van der Waals surface area contributed by atoms with E-state index in [9.17, 15) is 19.2 Å². The van der Waals surface area contributed by atoms with Crippen LogP contribution in [0.25, 0.3) is 0 Å². The monoisotopic (exact) mass is 643 g/mol. The number of nitrogens with one attached hydrogen (secondary N) is 3. The van der Waals surface area contributed by atoms with E-state index in [1.165, 1.54) is 7.11 Å². The van der Waals surface area contributed by atoms with Crippen molar-refractivity contribution in [1.29, 1.82) is 0 Å². The van der Waals surface area contributed by atoms with Crippen molar-refractivity contribution in [2.24, 2.45) is 0 Å². The van der Waals surface area contributed by atoms with Crippen LogP contribution in [0.1, 0.15) is 41.3 Å². The Morgan fingerprint density at radius 3 is 2.34 bits per heavy atom. The van der Waals surface area contributed by atoms with E-state index < -0.39 is 41.9 Å². The lowest BCUT2D eigenvalue weighted by Crippen LogP contribution is -2.52. The lowest BCUT2D eigenvalue weighted by Gasteiger charge is -2.28. The number of hydrogen-bond donors (Lipinski definition) is 3. The van der Waals surface area contributed by atoms with Crippen molar-refractivity contribution in [2.45, 2.75) is 51.0 Å². The molecule has 0 fully saturated rings. The maximum Gasteiger partial charge on any atom is 0.308 e. The second-order valence-corrected chi connectivity index (χ2v) is 10.9. The third-order valence-corrected chi connectivity index (χ3v) is 7.44. The van der Waals surface area contributed by atoms with Gasteiger partial charge < -0.3 is 34.9 Å². The van der Waals surface area contributed by atoms with Crippen molar-refractivity contribution in [3.63, 3.8) is 0 Å². The molecule has 11 heteroatoms. The number of methoxy groups -OCH3 is 1. The number of carbonyl (C=O) groups excluding carboxylic acids is 4. The van der Waals surface area contributed by atoms with Gasteiger partial charge in [-0.05, 0) is 67.3 Å². The molecule has 248 valence electrons. The fourth-order valence-corrected chi connectivity index (χ4v) is 4.94. The Hall–Kier alpha value is -5.16. The van der Waals surface area contributed by atoms with Gasteiger partial charge in [0.15, 0.2) is 0 Å². The van der Waals surface area contributed by atoms with Crippen LogP contribution in [0.5, 0.6) is 11.5 Å². The van der Waals surface area contributed by atoms with E-state index in [4.69, 9.17) is 18.9 Å². The Morgan fingerprint density at radius 1 is 0.915 bits per heavy atom. The maximum atomic E-state index is 13.1. The van der Waals surface area contributed by atoms with Crippen molar-refractivity contribution in [3.05, 3.63) is 108 Å². The van der Waals surface area contributed by atoms with Gasteiger partial charge in [-0.1, -0.05) is 54.6 Å². The molecule has 0 bridgehead atoms. The molecule has 3 N–H and O–H groups in total. The molecule has 47 heavy (non-hydrogen) atoms. The first-order valence-corrected chi connectivity index (χ1v) is 15.5. The van der Waals surface area contributed by atoms with Crippen LogP contribution in [0.2, 0.25) is 0 Å². The standard InChI is InChI=1S/C36H41N3O8/c1-3-45-34(41)22-32-31(21-25-12-16-29(17-13-25)47-24-26-9-5-4-6-10-26)38-33(40)23-37-36(43)30(11-7-8-20-46-32)39-35(42)27-14-18-28(44-2)19-15-27/h4-10,12-19,30-32H,3,11,20-24H2,1-2H3,(H,37,43)(H,38,40)(H,39,42)/b8-7+/t30-,31+,32-/m1/s1. The van der Waals surface area contributed by atoms with E-state index in [0.29, 0.717) is 30.1 Å². The number of esters is 1. The van der Waals surface area contributed by atoms with Gasteiger partial charge in [0.05, 0.1) is 45.4 Å². The number of ether oxygens (including phenoxy) is 4. The summed E-state index contributed by atoms with van der Waals surface area (Å²) in [5.74, 6) is -0.604. The average Bonchev–Trinajstić information content (AvgIpc) is 3.09. The highest BCUT2D eigenvalue weighted by Crippen LogP contribution is 2.19. The second kappa shape index (κ2) is 18.1. The summed E-state index contributed by atoms with van der Waals surface area (Å²) in [4.78, 5) is 51.7. The molecule has 0 unspecified atom stereocenters. The SMILES string of the molecule is CCOC(=O)C[C@H]1OC/C=C/C[C@@H](NC(=O)c2ccc(OC)cc2)C(=O)NCC(=O)N[C@H]1Cc1ccc(OCc2ccccc2)cc1. The zero-order valence-corrected chi connectivity index (χ0v) is 26.6. The van der Waals surface area contributed by atoms with Crippen molar-refractivity contribution in [2.75, 3.05) is 26.9 Å². The first-order valence-electron chi connectivity index (χ1n) is 15.5. The van der Waals surface area contributed by atoms with Crippen LogP contribution < -0.4 is 25.4 Å². The second-order valence-electron chi connectivity index (χ2n) is 10.9. The minimum atomic E-state index is -0.942. The number of rotatable bonds is 11. The van der Waals surface area contributed by atoms with Crippen LogP contribution in [0, 0.1) is 0 Å². The Labute approximate surface area is 274 Å². The fraction of sp³-hybridized carbons (Fsp3) is 0.333. The van der Waals surface area contributed by atoms with E-state index in [0.717, 1.165) is 11.1 Å². The molecule has 0 radical (unpaired) electrons. The minimum Gasteiger partial charge on any atom is -0.497 e. The van der Waals surface area contributed by atoms with Crippen LogP contribution in [0.15, 0.2) is 91.0 Å². The summed E-state index contributed by atoms with van der Waals surface area (Å²) in [5.41, 5.74) is 2.28. The quantitative estimate of drug-likeness (QED) is 0.213. The summed E-state index contributed by atoms with van der Waals surface area (Å²) < 4.78 is 22.3. The van der Waals surface area contributed by atoms with Gasteiger partial charge in [0, 0.05) is 5.56 Å². The molecule has 4 rings (SSSR count). The lowest BCUT2D eigenvalue weighted by atomic mass is 9.98. The van der Waals surface area contributed by atoms with Gasteiger partial charge in [0.2, 0.25) is 11.8 Å². The minimum absolute atomic E-state index is 0.0855. The first-order chi connectivity index (χ1) is 22.8. The summed E-state index contributed by atoms with van der Waals surface area (Å²) in [7, 11) is 1.53. The van der Waals surface area contributed by atoms with E-state index in [1.54, 1.807) is 43.3 Å². The van der Waals surface area contributed by atoms with E-state index in [1.807, 2.05) is 54.6 Å². The number of amides is 3. The summed E-state index contributed by atoms with van der Waals surface area (Å²) in [6.45, 7) is 2.12. The van der Waals surface area contributed by atoms with Crippen molar-refractivity contribution >= 4 is 23.7 Å². The van der Waals surface area contributed by atoms with Gasteiger partial charge in [-0.15, -0.1) is 0 Å². The first kappa shape index (κ1) is 34.7. The third kappa shape index (κ3) is 11.3. The molecule has 0 saturated heterocycles. The summed E-state index contributed by atoms with van der Waals surface area (Å²) in [5, 5.41) is 8.29. The molecule has 1 aliphatic heterocycles. The molecule has 1 heterocycles. The molecular formula is C36H41N3O8. The Balaban J connectivity index is 1.45. The molecule has 1 aliphatic rings. The average molecular weight is 644 g/mol. The summed E-state index contributed by atoms with van der Waals surface area (Å²) in [6.07, 6.45) is 3.12.